The van der Waals surface area contributed by atoms with Gasteiger partial charge in [-0.05, 0) is 36.7 Å². The van der Waals surface area contributed by atoms with Crippen LogP contribution in [0.2, 0.25) is 0 Å². The van der Waals surface area contributed by atoms with E-state index < -0.39 is 0 Å². The molecule has 0 amide bonds. The number of nitrogens with two attached hydrogens (primary N) is 1. The number of imidazole rings is 1. The van der Waals surface area contributed by atoms with Gasteiger partial charge in [0.25, 0.3) is 0 Å². The van der Waals surface area contributed by atoms with Crippen molar-refractivity contribution in [2.24, 2.45) is 11.7 Å². The van der Waals surface area contributed by atoms with Crippen molar-refractivity contribution in [3.05, 3.63) is 17.7 Å². The Hall–Kier alpha value is -0.480. The molecule has 1 aromatic heterocycles. The molecule has 0 saturated carbocycles. The third-order valence-corrected chi connectivity index (χ3v) is 4.83. The third kappa shape index (κ3) is 2.13. The molecule has 1 fully saturated rings. The number of fused-ring (bicyclic) bond motifs is 1. The van der Waals surface area contributed by atoms with E-state index in [-0.39, 0.29) is 0 Å². The highest BCUT2D eigenvalue weighted by Gasteiger charge is 2.21. The molecule has 2 unspecified atom stereocenters. The second kappa shape index (κ2) is 4.41. The van der Waals surface area contributed by atoms with E-state index in [4.69, 9.17) is 10.7 Å². The summed E-state index contributed by atoms with van der Waals surface area (Å²) in [6.45, 7) is 0.960. The van der Waals surface area contributed by atoms with Crippen LogP contribution in [0.4, 0.5) is 0 Å². The lowest BCUT2D eigenvalue weighted by Gasteiger charge is -2.19. The topological polar surface area (TPSA) is 43.8 Å². The van der Waals surface area contributed by atoms with Gasteiger partial charge in [-0.2, -0.15) is 11.8 Å². The van der Waals surface area contributed by atoms with Crippen molar-refractivity contribution in [2.75, 3.05) is 11.5 Å². The molecule has 3 nitrogen and oxygen atoms in total. The second-order valence-electron chi connectivity index (χ2n) is 5.03. The minimum atomic E-state index is 0.330. The van der Waals surface area contributed by atoms with Gasteiger partial charge in [-0.1, -0.05) is 0 Å². The Bertz CT molecular complexity index is 368. The summed E-state index contributed by atoms with van der Waals surface area (Å²) in [7, 11) is 0. The SMILES string of the molecule is NC1CCc2nc(CC3CCSC3)cn2C1. The molecular formula is C12H19N3S. The van der Waals surface area contributed by atoms with Crippen LogP contribution in [-0.2, 0) is 19.4 Å². The Morgan fingerprint density at radius 3 is 3.25 bits per heavy atom. The first kappa shape index (κ1) is 10.7. The zero-order chi connectivity index (χ0) is 11.0. The lowest BCUT2D eigenvalue weighted by Crippen LogP contribution is -2.31. The highest BCUT2D eigenvalue weighted by molar-refractivity contribution is 7.99. The standard InChI is InChI=1S/C12H19N3S/c13-10-1-2-12-14-11(7-15(12)6-10)5-9-3-4-16-8-9/h7,9-10H,1-6,8,13H2. The molecule has 0 bridgehead atoms. The summed E-state index contributed by atoms with van der Waals surface area (Å²) in [5.41, 5.74) is 7.26. The summed E-state index contributed by atoms with van der Waals surface area (Å²) in [4.78, 5) is 4.75. The smallest absolute Gasteiger partial charge is 0.109 e. The van der Waals surface area contributed by atoms with Gasteiger partial charge in [-0.15, -0.1) is 0 Å². The molecular weight excluding hydrogens is 218 g/mol. The largest absolute Gasteiger partial charge is 0.333 e. The number of thioether (sulfide) groups is 1. The van der Waals surface area contributed by atoms with Gasteiger partial charge in [0.15, 0.2) is 0 Å². The van der Waals surface area contributed by atoms with Gasteiger partial charge in [0.05, 0.1) is 5.69 Å². The fourth-order valence-corrected chi connectivity index (χ4v) is 3.95. The first-order chi connectivity index (χ1) is 7.81. The van der Waals surface area contributed by atoms with Crippen molar-refractivity contribution in [1.82, 2.24) is 9.55 Å². The molecule has 2 aliphatic heterocycles. The second-order valence-corrected chi connectivity index (χ2v) is 6.18. The molecule has 2 atom stereocenters. The average molecular weight is 237 g/mol. The molecule has 1 saturated heterocycles. The lowest BCUT2D eigenvalue weighted by atomic mass is 10.0. The Morgan fingerprint density at radius 2 is 2.44 bits per heavy atom. The molecule has 0 aromatic carbocycles. The van der Waals surface area contributed by atoms with Crippen LogP contribution in [0.25, 0.3) is 0 Å². The number of hydrogen-bond donors (Lipinski definition) is 1. The Morgan fingerprint density at radius 1 is 1.50 bits per heavy atom. The predicted molar refractivity (Wildman–Crippen MR) is 67.7 cm³/mol. The van der Waals surface area contributed by atoms with Crippen molar-refractivity contribution in [3.8, 4) is 0 Å². The van der Waals surface area contributed by atoms with Gasteiger partial charge < -0.3 is 10.3 Å². The van der Waals surface area contributed by atoms with Gasteiger partial charge in [0.2, 0.25) is 0 Å². The first-order valence-electron chi connectivity index (χ1n) is 6.19. The quantitative estimate of drug-likeness (QED) is 0.847. The predicted octanol–water partition coefficient (Wildman–Crippen LogP) is 1.45. The fraction of sp³-hybridized carbons (Fsp3) is 0.750. The van der Waals surface area contributed by atoms with E-state index in [2.05, 4.69) is 22.5 Å². The van der Waals surface area contributed by atoms with E-state index in [0.717, 1.165) is 25.3 Å². The van der Waals surface area contributed by atoms with Crippen LogP contribution in [0.5, 0.6) is 0 Å². The minimum Gasteiger partial charge on any atom is -0.333 e. The normalized spacial score (nSPS) is 29.3. The van der Waals surface area contributed by atoms with Gasteiger partial charge in [-0.3, -0.25) is 0 Å². The molecule has 0 aliphatic carbocycles. The molecule has 2 N–H and O–H groups in total. The Kier molecular flexibility index (Phi) is 2.94. The summed E-state index contributed by atoms with van der Waals surface area (Å²) in [5.74, 6) is 4.77. The number of aryl methyl sites for hydroxylation is 1. The first-order valence-corrected chi connectivity index (χ1v) is 7.35. The number of aromatic nitrogens is 2. The van der Waals surface area contributed by atoms with Crippen LogP contribution in [0.15, 0.2) is 6.20 Å². The van der Waals surface area contributed by atoms with Crippen molar-refractivity contribution in [1.29, 1.82) is 0 Å². The molecule has 4 heteroatoms. The zero-order valence-corrected chi connectivity index (χ0v) is 10.4. The van der Waals surface area contributed by atoms with E-state index in [1.54, 1.807) is 0 Å². The summed E-state index contributed by atoms with van der Waals surface area (Å²) >= 11 is 2.08. The van der Waals surface area contributed by atoms with E-state index in [9.17, 15) is 0 Å². The number of rotatable bonds is 2. The van der Waals surface area contributed by atoms with Gasteiger partial charge in [0, 0.05) is 25.2 Å². The van der Waals surface area contributed by atoms with Crippen LogP contribution in [-0.4, -0.2) is 27.1 Å². The van der Waals surface area contributed by atoms with Crippen LogP contribution in [0, 0.1) is 5.92 Å². The molecule has 0 radical (unpaired) electrons. The molecule has 2 aliphatic rings. The Labute approximate surface area is 101 Å². The van der Waals surface area contributed by atoms with Crippen LogP contribution >= 0.6 is 11.8 Å². The molecule has 0 spiro atoms. The maximum atomic E-state index is 5.97. The van der Waals surface area contributed by atoms with Gasteiger partial charge in [-0.25, -0.2) is 4.98 Å². The number of nitrogens with zero attached hydrogens (tertiary/aromatic N) is 2. The molecule has 16 heavy (non-hydrogen) atoms. The van der Waals surface area contributed by atoms with Gasteiger partial charge >= 0.3 is 0 Å². The summed E-state index contributed by atoms with van der Waals surface area (Å²) in [6, 6.07) is 0.330. The molecule has 3 heterocycles. The van der Waals surface area contributed by atoms with E-state index in [0.29, 0.717) is 6.04 Å². The zero-order valence-electron chi connectivity index (χ0n) is 9.56. The monoisotopic (exact) mass is 237 g/mol. The lowest BCUT2D eigenvalue weighted by molar-refractivity contribution is 0.453. The Balaban J connectivity index is 1.71. The van der Waals surface area contributed by atoms with Crippen molar-refractivity contribution >= 4 is 11.8 Å². The molecule has 3 rings (SSSR count). The van der Waals surface area contributed by atoms with Crippen molar-refractivity contribution < 1.29 is 0 Å². The van der Waals surface area contributed by atoms with Crippen LogP contribution in [0.1, 0.15) is 24.4 Å². The third-order valence-electron chi connectivity index (χ3n) is 3.60. The maximum Gasteiger partial charge on any atom is 0.109 e. The van der Waals surface area contributed by atoms with E-state index in [1.165, 1.54) is 35.9 Å². The van der Waals surface area contributed by atoms with Gasteiger partial charge in [0.1, 0.15) is 5.82 Å². The van der Waals surface area contributed by atoms with Crippen molar-refractivity contribution in [3.63, 3.8) is 0 Å². The van der Waals surface area contributed by atoms with Crippen LogP contribution in [0.3, 0.4) is 0 Å². The minimum absolute atomic E-state index is 0.330. The number of hydrogen-bond acceptors (Lipinski definition) is 3. The van der Waals surface area contributed by atoms with Crippen molar-refractivity contribution in [2.45, 2.75) is 38.3 Å². The highest BCUT2D eigenvalue weighted by Crippen LogP contribution is 2.26. The molecule has 88 valence electrons. The average Bonchev–Trinajstić information content (AvgIpc) is 2.86. The summed E-state index contributed by atoms with van der Waals surface area (Å²) < 4.78 is 2.27. The molecule has 1 aromatic rings. The highest BCUT2D eigenvalue weighted by atomic mass is 32.2. The summed E-state index contributed by atoms with van der Waals surface area (Å²) in [6.07, 6.45) is 6.92. The van der Waals surface area contributed by atoms with E-state index in [1.807, 2.05) is 0 Å². The summed E-state index contributed by atoms with van der Waals surface area (Å²) in [5, 5.41) is 0. The maximum absolute atomic E-state index is 5.97. The van der Waals surface area contributed by atoms with E-state index >= 15 is 0 Å². The van der Waals surface area contributed by atoms with Crippen LogP contribution < -0.4 is 5.73 Å². The fourth-order valence-electron chi connectivity index (χ4n) is 2.67.